The summed E-state index contributed by atoms with van der Waals surface area (Å²) in [6, 6.07) is 1.10. The van der Waals surface area contributed by atoms with E-state index in [4.69, 9.17) is 0 Å². The molecule has 0 aromatic heterocycles. The first kappa shape index (κ1) is 16.8. The lowest BCUT2D eigenvalue weighted by Gasteiger charge is -2.33. The average molecular weight is 289 g/mol. The van der Waals surface area contributed by atoms with Gasteiger partial charge in [-0.25, -0.2) is 0 Å². The number of hydrogen-bond donors (Lipinski definition) is 1. The predicted molar refractivity (Wildman–Crippen MR) is 81.7 cm³/mol. The Labute approximate surface area is 123 Å². The van der Waals surface area contributed by atoms with Crippen LogP contribution in [0.2, 0.25) is 0 Å². The highest BCUT2D eigenvalue weighted by molar-refractivity contribution is 5.85. The van der Waals surface area contributed by atoms with Crippen molar-refractivity contribution in [3.8, 4) is 0 Å². The third-order valence-corrected chi connectivity index (χ3v) is 4.80. The number of hydrogen-bond acceptors (Lipinski definition) is 2. The highest BCUT2D eigenvalue weighted by atomic mass is 35.5. The van der Waals surface area contributed by atoms with Crippen molar-refractivity contribution in [2.24, 2.45) is 5.92 Å². The van der Waals surface area contributed by atoms with Gasteiger partial charge in [0.2, 0.25) is 5.91 Å². The Morgan fingerprint density at radius 2 is 1.89 bits per heavy atom. The first-order valence-corrected chi connectivity index (χ1v) is 7.66. The van der Waals surface area contributed by atoms with E-state index in [0.717, 1.165) is 25.3 Å². The molecule has 1 amide bonds. The van der Waals surface area contributed by atoms with E-state index in [0.29, 0.717) is 18.0 Å². The van der Waals surface area contributed by atoms with Crippen LogP contribution in [0.1, 0.15) is 58.3 Å². The molecule has 0 spiro atoms. The van der Waals surface area contributed by atoms with E-state index in [2.05, 4.69) is 12.2 Å². The topological polar surface area (TPSA) is 32.3 Å². The number of nitrogens with zero attached hydrogens (tertiary/aromatic N) is 1. The Morgan fingerprint density at radius 3 is 2.47 bits per heavy atom. The molecular weight excluding hydrogens is 260 g/mol. The van der Waals surface area contributed by atoms with Crippen LogP contribution in [-0.4, -0.2) is 36.5 Å². The fourth-order valence-corrected chi connectivity index (χ4v) is 3.31. The van der Waals surface area contributed by atoms with Crippen molar-refractivity contribution >= 4 is 18.3 Å². The van der Waals surface area contributed by atoms with Gasteiger partial charge in [0, 0.05) is 25.6 Å². The Hall–Kier alpha value is -0.280. The van der Waals surface area contributed by atoms with E-state index < -0.39 is 0 Å². The Kier molecular flexibility index (Phi) is 7.16. The standard InChI is InChI=1S/C15H28N2O.ClH/c1-12-5-8-14(9-6-12)17(2)15(18)10-7-13-4-3-11-16-13;/h12-14,16H,3-11H2,1-2H3;1H. The number of carbonyl (C=O) groups excluding carboxylic acids is 1. The summed E-state index contributed by atoms with van der Waals surface area (Å²) in [6.07, 6.45) is 9.23. The highest BCUT2D eigenvalue weighted by Crippen LogP contribution is 2.27. The number of rotatable bonds is 4. The molecule has 2 aliphatic rings. The summed E-state index contributed by atoms with van der Waals surface area (Å²) in [5.74, 6) is 1.20. The van der Waals surface area contributed by atoms with Crippen LogP contribution in [-0.2, 0) is 4.79 Å². The molecule has 0 aromatic carbocycles. The molecule has 1 aliphatic heterocycles. The summed E-state index contributed by atoms with van der Waals surface area (Å²) in [4.78, 5) is 14.2. The van der Waals surface area contributed by atoms with Crippen molar-refractivity contribution in [1.82, 2.24) is 10.2 Å². The number of carbonyl (C=O) groups is 1. The van der Waals surface area contributed by atoms with Crippen LogP contribution >= 0.6 is 12.4 Å². The van der Waals surface area contributed by atoms with E-state index in [-0.39, 0.29) is 12.4 Å². The van der Waals surface area contributed by atoms with E-state index in [1.165, 1.54) is 38.5 Å². The van der Waals surface area contributed by atoms with Gasteiger partial charge in [-0.1, -0.05) is 6.92 Å². The van der Waals surface area contributed by atoms with Crippen LogP contribution in [0.5, 0.6) is 0 Å². The van der Waals surface area contributed by atoms with Gasteiger partial charge in [-0.2, -0.15) is 0 Å². The number of nitrogens with one attached hydrogen (secondary N) is 1. The first-order chi connectivity index (χ1) is 8.66. The molecule has 0 aromatic rings. The lowest BCUT2D eigenvalue weighted by molar-refractivity contribution is -0.132. The molecule has 0 radical (unpaired) electrons. The molecule has 1 atom stereocenters. The summed E-state index contributed by atoms with van der Waals surface area (Å²) in [6.45, 7) is 3.46. The molecule has 1 saturated heterocycles. The van der Waals surface area contributed by atoms with Crippen molar-refractivity contribution in [2.75, 3.05) is 13.6 Å². The number of amides is 1. The molecule has 112 valence electrons. The minimum atomic E-state index is 0. The van der Waals surface area contributed by atoms with Crippen molar-refractivity contribution in [3.63, 3.8) is 0 Å². The molecule has 1 saturated carbocycles. The minimum Gasteiger partial charge on any atom is -0.343 e. The van der Waals surface area contributed by atoms with Gasteiger partial charge in [-0.15, -0.1) is 12.4 Å². The molecule has 4 heteroatoms. The van der Waals surface area contributed by atoms with Gasteiger partial charge in [-0.05, 0) is 57.4 Å². The Balaban J connectivity index is 0.00000180. The SMILES string of the molecule is CC1CCC(N(C)C(=O)CCC2CCCN2)CC1.Cl. The lowest BCUT2D eigenvalue weighted by Crippen LogP contribution is -2.39. The molecule has 1 N–H and O–H groups in total. The van der Waals surface area contributed by atoms with E-state index in [9.17, 15) is 4.79 Å². The van der Waals surface area contributed by atoms with Crippen molar-refractivity contribution < 1.29 is 4.79 Å². The van der Waals surface area contributed by atoms with Crippen LogP contribution in [0.25, 0.3) is 0 Å². The second-order valence-corrected chi connectivity index (χ2v) is 6.25. The molecule has 2 rings (SSSR count). The zero-order valence-corrected chi connectivity index (χ0v) is 13.2. The van der Waals surface area contributed by atoms with Crippen LogP contribution in [0.15, 0.2) is 0 Å². The van der Waals surface area contributed by atoms with Crippen molar-refractivity contribution in [2.45, 2.75) is 70.4 Å². The van der Waals surface area contributed by atoms with Crippen LogP contribution in [0, 0.1) is 5.92 Å². The molecule has 19 heavy (non-hydrogen) atoms. The molecule has 3 nitrogen and oxygen atoms in total. The molecular formula is C15H29ClN2O. The Bertz CT molecular complexity index is 271. The Morgan fingerprint density at radius 1 is 1.21 bits per heavy atom. The van der Waals surface area contributed by atoms with E-state index in [1.807, 2.05) is 11.9 Å². The van der Waals surface area contributed by atoms with E-state index >= 15 is 0 Å². The summed E-state index contributed by atoms with van der Waals surface area (Å²) in [5.41, 5.74) is 0. The van der Waals surface area contributed by atoms with E-state index in [1.54, 1.807) is 0 Å². The molecule has 1 aliphatic carbocycles. The van der Waals surface area contributed by atoms with Crippen molar-refractivity contribution in [1.29, 1.82) is 0 Å². The predicted octanol–water partition coefficient (Wildman–Crippen LogP) is 2.98. The molecule has 1 heterocycles. The molecule has 0 bridgehead atoms. The minimum absolute atomic E-state index is 0. The van der Waals surface area contributed by atoms with Gasteiger partial charge >= 0.3 is 0 Å². The zero-order chi connectivity index (χ0) is 13.0. The second-order valence-electron chi connectivity index (χ2n) is 6.25. The monoisotopic (exact) mass is 288 g/mol. The summed E-state index contributed by atoms with van der Waals surface area (Å²) in [7, 11) is 2.01. The lowest BCUT2D eigenvalue weighted by atomic mass is 9.86. The highest BCUT2D eigenvalue weighted by Gasteiger charge is 2.25. The molecule has 1 unspecified atom stereocenters. The number of halogens is 1. The van der Waals surface area contributed by atoms with Gasteiger partial charge in [0.1, 0.15) is 0 Å². The summed E-state index contributed by atoms with van der Waals surface area (Å²) >= 11 is 0. The average Bonchev–Trinajstić information content (AvgIpc) is 2.89. The zero-order valence-electron chi connectivity index (χ0n) is 12.4. The smallest absolute Gasteiger partial charge is 0.222 e. The van der Waals surface area contributed by atoms with Crippen LogP contribution in [0.3, 0.4) is 0 Å². The fourth-order valence-electron chi connectivity index (χ4n) is 3.31. The maximum absolute atomic E-state index is 12.2. The van der Waals surface area contributed by atoms with Crippen LogP contribution in [0.4, 0.5) is 0 Å². The second kappa shape index (κ2) is 8.11. The quantitative estimate of drug-likeness (QED) is 0.862. The van der Waals surface area contributed by atoms with Crippen molar-refractivity contribution in [3.05, 3.63) is 0 Å². The van der Waals surface area contributed by atoms with Gasteiger partial charge in [0.05, 0.1) is 0 Å². The van der Waals surface area contributed by atoms with Gasteiger partial charge < -0.3 is 10.2 Å². The summed E-state index contributed by atoms with van der Waals surface area (Å²) < 4.78 is 0. The van der Waals surface area contributed by atoms with Gasteiger partial charge in [0.25, 0.3) is 0 Å². The molecule has 2 fully saturated rings. The first-order valence-electron chi connectivity index (χ1n) is 7.66. The normalized spacial score (nSPS) is 30.7. The maximum Gasteiger partial charge on any atom is 0.222 e. The third kappa shape index (κ3) is 4.96. The van der Waals surface area contributed by atoms with Gasteiger partial charge in [-0.3, -0.25) is 4.79 Å². The fraction of sp³-hybridized carbons (Fsp3) is 0.933. The summed E-state index contributed by atoms with van der Waals surface area (Å²) in [5, 5.41) is 3.47. The third-order valence-electron chi connectivity index (χ3n) is 4.80. The van der Waals surface area contributed by atoms with Gasteiger partial charge in [0.15, 0.2) is 0 Å². The maximum atomic E-state index is 12.2. The van der Waals surface area contributed by atoms with Crippen LogP contribution < -0.4 is 5.32 Å². The largest absolute Gasteiger partial charge is 0.343 e.